The van der Waals surface area contributed by atoms with Crippen molar-refractivity contribution in [3.8, 4) is 23.3 Å². The number of hydrogen-bond donors (Lipinski definition) is 0. The summed E-state index contributed by atoms with van der Waals surface area (Å²) in [4.78, 5) is 24.9. The van der Waals surface area contributed by atoms with Crippen LogP contribution in [-0.2, 0) is 22.7 Å². The molecule has 0 saturated heterocycles. The molecule has 0 radical (unpaired) electrons. The van der Waals surface area contributed by atoms with Gasteiger partial charge in [-0.05, 0) is 41.5 Å². The topological polar surface area (TPSA) is 71.1 Å². The van der Waals surface area contributed by atoms with Crippen molar-refractivity contribution in [1.82, 2.24) is 0 Å². The third-order valence-corrected chi connectivity index (χ3v) is 4.67. The highest BCUT2D eigenvalue weighted by Gasteiger charge is 2.15. The second-order valence-electron chi connectivity index (χ2n) is 6.90. The normalized spacial score (nSPS) is 14.2. The van der Waals surface area contributed by atoms with E-state index < -0.39 is 11.9 Å². The fourth-order valence-electron chi connectivity index (χ4n) is 3.11. The SMILES string of the molecule is O=C1OCC#CCOC(=O)c2ccccc2OCc2cccc(c2)COc2ccccc21. The van der Waals surface area contributed by atoms with Gasteiger partial charge in [0.1, 0.15) is 35.8 Å². The molecule has 0 saturated carbocycles. The van der Waals surface area contributed by atoms with Gasteiger partial charge in [-0.25, -0.2) is 9.59 Å². The molecule has 32 heavy (non-hydrogen) atoms. The van der Waals surface area contributed by atoms with Gasteiger partial charge in [0.05, 0.1) is 0 Å². The third-order valence-electron chi connectivity index (χ3n) is 4.67. The van der Waals surface area contributed by atoms with Crippen molar-refractivity contribution < 1.29 is 28.5 Å². The Morgan fingerprint density at radius 1 is 0.562 bits per heavy atom. The van der Waals surface area contributed by atoms with E-state index >= 15 is 0 Å². The lowest BCUT2D eigenvalue weighted by molar-refractivity contribution is 0.0534. The van der Waals surface area contributed by atoms with Crippen molar-refractivity contribution in [2.24, 2.45) is 0 Å². The Bertz CT molecular complexity index is 1100. The molecule has 0 fully saturated rings. The van der Waals surface area contributed by atoms with Crippen molar-refractivity contribution in [3.05, 3.63) is 95.1 Å². The lowest BCUT2D eigenvalue weighted by Crippen LogP contribution is -2.09. The van der Waals surface area contributed by atoms with Crippen molar-refractivity contribution >= 4 is 11.9 Å². The highest BCUT2D eigenvalue weighted by Crippen LogP contribution is 2.22. The van der Waals surface area contributed by atoms with E-state index in [-0.39, 0.29) is 26.4 Å². The predicted molar refractivity (Wildman–Crippen MR) is 116 cm³/mol. The number of fused-ring (bicyclic) bond motifs is 4. The van der Waals surface area contributed by atoms with E-state index in [9.17, 15) is 9.59 Å². The number of esters is 2. The third kappa shape index (κ3) is 5.27. The van der Waals surface area contributed by atoms with Crippen molar-refractivity contribution in [3.63, 3.8) is 0 Å². The van der Waals surface area contributed by atoms with E-state index in [1.807, 2.05) is 24.3 Å². The summed E-state index contributed by atoms with van der Waals surface area (Å²) in [5.41, 5.74) is 2.44. The maximum atomic E-state index is 12.4. The van der Waals surface area contributed by atoms with Gasteiger partial charge in [0.25, 0.3) is 0 Å². The summed E-state index contributed by atoms with van der Waals surface area (Å²) in [7, 11) is 0. The summed E-state index contributed by atoms with van der Waals surface area (Å²) in [6, 6.07) is 21.5. The molecule has 0 N–H and O–H groups in total. The van der Waals surface area contributed by atoms with Crippen molar-refractivity contribution in [2.45, 2.75) is 13.2 Å². The Balaban J connectivity index is 1.61. The van der Waals surface area contributed by atoms with E-state index in [1.54, 1.807) is 48.5 Å². The monoisotopic (exact) mass is 428 g/mol. The van der Waals surface area contributed by atoms with E-state index in [0.717, 1.165) is 11.1 Å². The molecule has 0 aromatic heterocycles. The summed E-state index contributed by atoms with van der Waals surface area (Å²) < 4.78 is 22.2. The summed E-state index contributed by atoms with van der Waals surface area (Å²) in [5.74, 6) is 5.10. The molecule has 6 nitrogen and oxygen atoms in total. The number of cyclic esters (lactones) is 2. The average molecular weight is 428 g/mol. The molecule has 160 valence electrons. The number of ether oxygens (including phenoxy) is 4. The summed E-state index contributed by atoms with van der Waals surface area (Å²) in [5, 5.41) is 0. The summed E-state index contributed by atoms with van der Waals surface area (Å²) in [6.45, 7) is 0.265. The number of carbonyl (C=O) groups is 2. The van der Waals surface area contributed by atoms with Crippen LogP contribution in [0.4, 0.5) is 0 Å². The molecule has 0 atom stereocenters. The van der Waals surface area contributed by atoms with E-state index in [0.29, 0.717) is 22.6 Å². The molecule has 2 bridgehead atoms. The van der Waals surface area contributed by atoms with Gasteiger partial charge < -0.3 is 18.9 Å². The Kier molecular flexibility index (Phi) is 6.69. The van der Waals surface area contributed by atoms with Crippen LogP contribution in [0.2, 0.25) is 0 Å². The van der Waals surface area contributed by atoms with Gasteiger partial charge in [-0.2, -0.15) is 0 Å². The molecule has 1 heterocycles. The first-order chi connectivity index (χ1) is 15.7. The maximum Gasteiger partial charge on any atom is 0.342 e. The van der Waals surface area contributed by atoms with E-state index in [4.69, 9.17) is 18.9 Å². The highest BCUT2D eigenvalue weighted by atomic mass is 16.5. The molecule has 4 rings (SSSR count). The van der Waals surface area contributed by atoms with Gasteiger partial charge in [-0.3, -0.25) is 0 Å². The molecule has 0 aliphatic carbocycles. The average Bonchev–Trinajstić information content (AvgIpc) is 2.83. The molecule has 6 heteroatoms. The Labute approximate surface area is 185 Å². The van der Waals surface area contributed by atoms with Crippen LogP contribution in [-0.4, -0.2) is 25.2 Å². The van der Waals surface area contributed by atoms with Gasteiger partial charge in [0.2, 0.25) is 0 Å². The summed E-state index contributed by atoms with van der Waals surface area (Å²) >= 11 is 0. The minimum atomic E-state index is -0.541. The van der Waals surface area contributed by atoms with Gasteiger partial charge in [0.15, 0.2) is 13.2 Å². The molecule has 3 aromatic rings. The highest BCUT2D eigenvalue weighted by molar-refractivity contribution is 5.93. The Morgan fingerprint density at radius 2 is 1.03 bits per heavy atom. The summed E-state index contributed by atoms with van der Waals surface area (Å²) in [6.07, 6.45) is 0. The first kappa shape index (κ1) is 21.0. The quantitative estimate of drug-likeness (QED) is 0.395. The van der Waals surface area contributed by atoms with E-state index in [1.165, 1.54) is 0 Å². The van der Waals surface area contributed by atoms with Crippen LogP contribution in [0.15, 0.2) is 72.8 Å². The van der Waals surface area contributed by atoms with Crippen LogP contribution in [0.3, 0.4) is 0 Å². The number of rotatable bonds is 0. The molecular weight excluding hydrogens is 408 g/mol. The molecule has 0 amide bonds. The molecule has 1 aliphatic heterocycles. The van der Waals surface area contributed by atoms with Crippen molar-refractivity contribution in [2.75, 3.05) is 13.2 Å². The smallest absolute Gasteiger partial charge is 0.342 e. The van der Waals surface area contributed by atoms with Crippen LogP contribution in [0.5, 0.6) is 11.5 Å². The number of para-hydroxylation sites is 2. The molecule has 1 aliphatic rings. The fourth-order valence-corrected chi connectivity index (χ4v) is 3.11. The second-order valence-corrected chi connectivity index (χ2v) is 6.90. The number of benzene rings is 3. The molecule has 3 aromatic carbocycles. The predicted octanol–water partition coefficient (Wildman–Crippen LogP) is 4.18. The standard InChI is InChI=1S/C26H20O6/c27-25-21-10-1-3-12-23(21)31-17-19-8-7-9-20(16-19)18-32-24-13-4-2-11-22(24)26(28)30-15-6-5-14-29-25/h1-4,7-13,16H,14-15,17-18H2. The number of hydrogen-bond acceptors (Lipinski definition) is 6. The minimum Gasteiger partial charge on any atom is -0.488 e. The van der Waals surface area contributed by atoms with Gasteiger partial charge in [0, 0.05) is 0 Å². The lowest BCUT2D eigenvalue weighted by Gasteiger charge is -2.12. The lowest BCUT2D eigenvalue weighted by atomic mass is 10.1. The second kappa shape index (κ2) is 10.2. The van der Waals surface area contributed by atoms with Crippen LogP contribution in [0, 0.1) is 11.8 Å². The zero-order chi connectivity index (χ0) is 22.2. The van der Waals surface area contributed by atoms with E-state index in [2.05, 4.69) is 11.8 Å². The first-order valence-corrected chi connectivity index (χ1v) is 10.0. The van der Waals surface area contributed by atoms with Gasteiger partial charge in [-0.1, -0.05) is 54.3 Å². The fraction of sp³-hybridized carbons (Fsp3) is 0.154. The van der Waals surface area contributed by atoms with Crippen LogP contribution in [0.25, 0.3) is 0 Å². The van der Waals surface area contributed by atoms with Crippen LogP contribution >= 0.6 is 0 Å². The van der Waals surface area contributed by atoms with Crippen LogP contribution in [0.1, 0.15) is 31.8 Å². The zero-order valence-electron chi connectivity index (χ0n) is 17.2. The largest absolute Gasteiger partial charge is 0.488 e. The first-order valence-electron chi connectivity index (χ1n) is 10.0. The van der Waals surface area contributed by atoms with Gasteiger partial charge in [-0.15, -0.1) is 0 Å². The van der Waals surface area contributed by atoms with Crippen LogP contribution < -0.4 is 9.47 Å². The Morgan fingerprint density at radius 3 is 1.53 bits per heavy atom. The van der Waals surface area contributed by atoms with Crippen molar-refractivity contribution in [1.29, 1.82) is 0 Å². The molecule has 0 spiro atoms. The Hall–Kier alpha value is -4.24. The zero-order valence-corrected chi connectivity index (χ0v) is 17.2. The maximum absolute atomic E-state index is 12.4. The number of carbonyl (C=O) groups excluding carboxylic acids is 2. The minimum absolute atomic E-state index is 0.132. The van der Waals surface area contributed by atoms with Gasteiger partial charge >= 0.3 is 11.9 Å². The molecular formula is C26H20O6. The molecule has 0 unspecified atom stereocenters.